The number of amides is 1. The van der Waals surface area contributed by atoms with E-state index in [-0.39, 0.29) is 11.8 Å². The summed E-state index contributed by atoms with van der Waals surface area (Å²) in [6.45, 7) is 5.55. The van der Waals surface area contributed by atoms with Crippen LogP contribution in [0.5, 0.6) is 0 Å². The first-order chi connectivity index (χ1) is 8.09. The van der Waals surface area contributed by atoms with Crippen molar-refractivity contribution in [1.29, 1.82) is 0 Å². The lowest BCUT2D eigenvalue weighted by Gasteiger charge is -2.20. The Bertz CT molecular complexity index is 388. The third-order valence-corrected chi connectivity index (χ3v) is 3.23. The van der Waals surface area contributed by atoms with Crippen LogP contribution in [0, 0.1) is 19.8 Å². The lowest BCUT2D eigenvalue weighted by Crippen LogP contribution is -2.33. The van der Waals surface area contributed by atoms with Crippen molar-refractivity contribution in [3.63, 3.8) is 0 Å². The summed E-state index contributed by atoms with van der Waals surface area (Å²) < 4.78 is 10.3. The highest BCUT2D eigenvalue weighted by Crippen LogP contribution is 2.18. The summed E-state index contributed by atoms with van der Waals surface area (Å²) in [6, 6.07) is 0. The van der Waals surface area contributed by atoms with Gasteiger partial charge in [-0.3, -0.25) is 4.79 Å². The predicted molar refractivity (Wildman–Crippen MR) is 61.4 cm³/mol. The Morgan fingerprint density at radius 3 is 2.82 bits per heavy atom. The maximum Gasteiger partial charge on any atom is 0.228 e. The van der Waals surface area contributed by atoms with E-state index in [0.717, 1.165) is 23.4 Å². The number of hydrogen-bond donors (Lipinski definition) is 0. The number of ether oxygens (including phenoxy) is 1. The summed E-state index contributed by atoms with van der Waals surface area (Å²) in [5.74, 6) is 0.938. The van der Waals surface area contributed by atoms with Gasteiger partial charge in [0.15, 0.2) is 0 Å². The summed E-state index contributed by atoms with van der Waals surface area (Å²) in [7, 11) is 1.81. The highest BCUT2D eigenvalue weighted by molar-refractivity contribution is 5.79. The molecule has 1 saturated heterocycles. The van der Waals surface area contributed by atoms with Crippen molar-refractivity contribution in [2.75, 3.05) is 20.3 Å². The number of nitrogens with zero attached hydrogens (tertiary/aromatic N) is 2. The molecule has 1 aliphatic rings. The molecule has 5 heteroatoms. The van der Waals surface area contributed by atoms with E-state index in [1.807, 2.05) is 20.9 Å². The van der Waals surface area contributed by atoms with Gasteiger partial charge in [0.25, 0.3) is 0 Å². The van der Waals surface area contributed by atoms with Crippen LogP contribution in [0.2, 0.25) is 0 Å². The van der Waals surface area contributed by atoms with E-state index in [1.54, 1.807) is 4.90 Å². The quantitative estimate of drug-likeness (QED) is 0.796. The molecule has 0 spiro atoms. The van der Waals surface area contributed by atoms with Gasteiger partial charge in [-0.25, -0.2) is 0 Å². The fraction of sp³-hybridized carbons (Fsp3) is 0.667. The number of aromatic nitrogens is 1. The van der Waals surface area contributed by atoms with Gasteiger partial charge in [-0.05, 0) is 20.3 Å². The van der Waals surface area contributed by atoms with Crippen molar-refractivity contribution in [1.82, 2.24) is 10.1 Å². The maximum atomic E-state index is 12.1. The molecular weight excluding hydrogens is 220 g/mol. The van der Waals surface area contributed by atoms with Gasteiger partial charge in [-0.15, -0.1) is 0 Å². The summed E-state index contributed by atoms with van der Waals surface area (Å²) in [6.07, 6.45) is 0.824. The first-order valence-corrected chi connectivity index (χ1v) is 5.84. The molecule has 94 valence electrons. The molecule has 5 nitrogen and oxygen atoms in total. The molecule has 0 saturated carbocycles. The normalized spacial score (nSPS) is 19.6. The van der Waals surface area contributed by atoms with Gasteiger partial charge in [-0.2, -0.15) is 0 Å². The molecule has 1 aliphatic heterocycles. The van der Waals surface area contributed by atoms with Gasteiger partial charge in [0.05, 0.1) is 24.8 Å². The van der Waals surface area contributed by atoms with E-state index in [4.69, 9.17) is 9.26 Å². The Hall–Kier alpha value is -1.36. The van der Waals surface area contributed by atoms with Crippen LogP contribution in [0.1, 0.15) is 23.4 Å². The minimum atomic E-state index is 0.0143. The lowest BCUT2D eigenvalue weighted by atomic mass is 10.1. The fourth-order valence-corrected chi connectivity index (χ4v) is 2.08. The minimum Gasteiger partial charge on any atom is -0.381 e. The Balaban J connectivity index is 2.01. The molecule has 0 radical (unpaired) electrons. The molecule has 0 aliphatic carbocycles. The number of carbonyl (C=O) groups excluding carboxylic acids is 1. The van der Waals surface area contributed by atoms with Crippen LogP contribution in [0.25, 0.3) is 0 Å². The highest BCUT2D eigenvalue weighted by atomic mass is 16.5. The molecule has 0 N–H and O–H groups in total. The largest absolute Gasteiger partial charge is 0.381 e. The van der Waals surface area contributed by atoms with Crippen LogP contribution >= 0.6 is 0 Å². The average molecular weight is 238 g/mol. The average Bonchev–Trinajstić information content (AvgIpc) is 2.93. The van der Waals surface area contributed by atoms with Crippen molar-refractivity contribution in [2.24, 2.45) is 5.92 Å². The first-order valence-electron chi connectivity index (χ1n) is 5.84. The zero-order chi connectivity index (χ0) is 12.4. The van der Waals surface area contributed by atoms with E-state index in [1.165, 1.54) is 0 Å². The molecule has 1 aromatic heterocycles. The molecule has 1 unspecified atom stereocenters. The number of rotatable bonds is 3. The van der Waals surface area contributed by atoms with E-state index < -0.39 is 0 Å². The third-order valence-electron chi connectivity index (χ3n) is 3.23. The predicted octanol–water partition coefficient (Wildman–Crippen LogP) is 1.29. The molecule has 1 amide bonds. The van der Waals surface area contributed by atoms with Crippen LogP contribution < -0.4 is 0 Å². The Labute approximate surface area is 101 Å². The molecule has 1 aromatic rings. The third kappa shape index (κ3) is 2.49. The second-order valence-corrected chi connectivity index (χ2v) is 4.56. The van der Waals surface area contributed by atoms with Gasteiger partial charge in [-0.1, -0.05) is 5.16 Å². The molecular formula is C12H18N2O3. The standard InChI is InChI=1S/C12H18N2O3/c1-8-11(9(2)17-13-8)6-14(3)12(15)10-4-5-16-7-10/h10H,4-7H2,1-3H3. The fourth-order valence-electron chi connectivity index (χ4n) is 2.08. The van der Waals surface area contributed by atoms with Crippen LogP contribution in [-0.2, 0) is 16.1 Å². The zero-order valence-corrected chi connectivity index (χ0v) is 10.5. The van der Waals surface area contributed by atoms with Gasteiger partial charge in [0, 0.05) is 19.2 Å². The Morgan fingerprint density at radius 2 is 2.29 bits per heavy atom. The molecule has 1 fully saturated rings. The monoisotopic (exact) mass is 238 g/mol. The second-order valence-electron chi connectivity index (χ2n) is 4.56. The number of aryl methyl sites for hydroxylation is 2. The van der Waals surface area contributed by atoms with Crippen molar-refractivity contribution < 1.29 is 14.1 Å². The van der Waals surface area contributed by atoms with Crippen molar-refractivity contribution in [3.05, 3.63) is 17.0 Å². The Kier molecular flexibility index (Phi) is 3.47. The van der Waals surface area contributed by atoms with E-state index in [0.29, 0.717) is 19.8 Å². The van der Waals surface area contributed by atoms with Crippen LogP contribution in [0.3, 0.4) is 0 Å². The molecule has 0 bridgehead atoms. The van der Waals surface area contributed by atoms with E-state index in [9.17, 15) is 4.79 Å². The van der Waals surface area contributed by atoms with Gasteiger partial charge >= 0.3 is 0 Å². The van der Waals surface area contributed by atoms with E-state index >= 15 is 0 Å². The smallest absolute Gasteiger partial charge is 0.228 e. The summed E-state index contributed by atoms with van der Waals surface area (Å²) in [5.41, 5.74) is 1.85. The van der Waals surface area contributed by atoms with Crippen LogP contribution in [0.15, 0.2) is 4.52 Å². The summed E-state index contributed by atoms with van der Waals surface area (Å²) in [4.78, 5) is 13.8. The van der Waals surface area contributed by atoms with Crippen molar-refractivity contribution in [2.45, 2.75) is 26.8 Å². The van der Waals surface area contributed by atoms with E-state index in [2.05, 4.69) is 5.16 Å². The second kappa shape index (κ2) is 4.87. The maximum absolute atomic E-state index is 12.1. The minimum absolute atomic E-state index is 0.0143. The van der Waals surface area contributed by atoms with Gasteiger partial charge in [0.1, 0.15) is 5.76 Å². The number of carbonyl (C=O) groups is 1. The van der Waals surface area contributed by atoms with Gasteiger partial charge in [0.2, 0.25) is 5.91 Å². The van der Waals surface area contributed by atoms with Crippen molar-refractivity contribution >= 4 is 5.91 Å². The molecule has 2 heterocycles. The molecule has 2 rings (SSSR count). The first kappa shape index (κ1) is 12.1. The zero-order valence-electron chi connectivity index (χ0n) is 10.5. The number of hydrogen-bond acceptors (Lipinski definition) is 4. The van der Waals surface area contributed by atoms with Crippen molar-refractivity contribution in [3.8, 4) is 0 Å². The molecule has 17 heavy (non-hydrogen) atoms. The highest BCUT2D eigenvalue weighted by Gasteiger charge is 2.27. The lowest BCUT2D eigenvalue weighted by molar-refractivity contribution is -0.134. The van der Waals surface area contributed by atoms with Crippen LogP contribution in [0.4, 0.5) is 0 Å². The summed E-state index contributed by atoms with van der Waals surface area (Å²) in [5, 5.41) is 3.89. The SMILES string of the molecule is Cc1noc(C)c1CN(C)C(=O)C1CCOC1. The van der Waals surface area contributed by atoms with Gasteiger partial charge < -0.3 is 14.2 Å². The Morgan fingerprint density at radius 1 is 1.53 bits per heavy atom. The molecule has 1 atom stereocenters. The topological polar surface area (TPSA) is 55.6 Å². The molecule has 0 aromatic carbocycles. The van der Waals surface area contributed by atoms with Crippen LogP contribution in [-0.4, -0.2) is 36.2 Å². The summed E-state index contributed by atoms with van der Waals surface area (Å²) >= 11 is 0.